The number of fused-ring (bicyclic) bond motifs is 1. The molecule has 10 aromatic rings. The largest absolute Gasteiger partial charge is 0.208 e. The molecule has 3 nitrogen and oxygen atoms in total. The number of aromatic nitrogens is 3. The fourth-order valence-corrected chi connectivity index (χ4v) is 7.92. The molecule has 0 aliphatic carbocycles. The van der Waals surface area contributed by atoms with Crippen LogP contribution in [0, 0.1) is 0 Å². The van der Waals surface area contributed by atoms with Crippen LogP contribution in [-0.2, 0) is 0 Å². The summed E-state index contributed by atoms with van der Waals surface area (Å²) in [5.41, 5.74) is 14.5. The van der Waals surface area contributed by atoms with Gasteiger partial charge in [-0.25, -0.2) is 15.0 Å². The average molecular weight is 740 g/mol. The molecule has 10 rings (SSSR count). The molecule has 58 heavy (non-hydrogen) atoms. The Morgan fingerprint density at radius 3 is 1.07 bits per heavy atom. The summed E-state index contributed by atoms with van der Waals surface area (Å²) in [5, 5.41) is 2.21. The van der Waals surface area contributed by atoms with Crippen LogP contribution in [0.15, 0.2) is 224 Å². The van der Waals surface area contributed by atoms with E-state index in [1.54, 1.807) is 0 Å². The monoisotopic (exact) mass is 739 g/mol. The smallest absolute Gasteiger partial charge is 0.164 e. The molecule has 0 bridgehead atoms. The van der Waals surface area contributed by atoms with Crippen molar-refractivity contribution in [2.45, 2.75) is 0 Å². The zero-order chi connectivity index (χ0) is 38.7. The average Bonchev–Trinajstić information content (AvgIpc) is 3.32. The van der Waals surface area contributed by atoms with Gasteiger partial charge in [-0.05, 0) is 72.5 Å². The first-order valence-electron chi connectivity index (χ1n) is 19.6. The summed E-state index contributed by atoms with van der Waals surface area (Å²) in [5.74, 6) is 1.88. The summed E-state index contributed by atoms with van der Waals surface area (Å²) in [6.07, 6.45) is 0. The molecule has 0 N–H and O–H groups in total. The third-order valence-electron chi connectivity index (χ3n) is 10.8. The van der Waals surface area contributed by atoms with Crippen LogP contribution >= 0.6 is 0 Å². The summed E-state index contributed by atoms with van der Waals surface area (Å²) in [7, 11) is 0. The van der Waals surface area contributed by atoms with Gasteiger partial charge in [-0.3, -0.25) is 0 Å². The minimum absolute atomic E-state index is 0.627. The van der Waals surface area contributed by atoms with Gasteiger partial charge in [-0.2, -0.15) is 0 Å². The van der Waals surface area contributed by atoms with Crippen LogP contribution < -0.4 is 0 Å². The maximum absolute atomic E-state index is 5.22. The van der Waals surface area contributed by atoms with Gasteiger partial charge in [0.15, 0.2) is 17.5 Å². The second kappa shape index (κ2) is 15.4. The van der Waals surface area contributed by atoms with E-state index >= 15 is 0 Å². The molecule has 0 radical (unpaired) electrons. The SMILES string of the molecule is c1ccc(-c2ccc(-c3nc(-c4ccc(-c5ccccc5)cc4)nc(-c4ccc(-c5cccc(-c6ccccc6)c5-c5ccccc5)c5ccccc45)n3)cc2)cc1. The molecule has 0 amide bonds. The van der Waals surface area contributed by atoms with Crippen molar-refractivity contribution in [1.82, 2.24) is 15.0 Å². The summed E-state index contributed by atoms with van der Waals surface area (Å²) in [4.78, 5) is 15.5. The molecule has 1 aromatic heterocycles. The second-order valence-electron chi connectivity index (χ2n) is 14.4. The van der Waals surface area contributed by atoms with Gasteiger partial charge in [0.05, 0.1) is 0 Å². The van der Waals surface area contributed by atoms with Gasteiger partial charge < -0.3 is 0 Å². The van der Waals surface area contributed by atoms with E-state index in [0.717, 1.165) is 44.2 Å². The zero-order valence-electron chi connectivity index (χ0n) is 31.7. The number of nitrogens with zero attached hydrogens (tertiary/aromatic N) is 3. The summed E-state index contributed by atoms with van der Waals surface area (Å²) in [6.45, 7) is 0. The van der Waals surface area contributed by atoms with Crippen molar-refractivity contribution < 1.29 is 0 Å². The predicted molar refractivity (Wildman–Crippen MR) is 241 cm³/mol. The Kier molecular flexibility index (Phi) is 9.23. The summed E-state index contributed by atoms with van der Waals surface area (Å²) < 4.78 is 0. The Bertz CT molecular complexity index is 2900. The minimum atomic E-state index is 0.627. The number of benzene rings is 9. The van der Waals surface area contributed by atoms with E-state index in [-0.39, 0.29) is 0 Å². The molecule has 0 saturated heterocycles. The first kappa shape index (κ1) is 34.7. The van der Waals surface area contributed by atoms with E-state index in [4.69, 9.17) is 15.0 Å². The molecule has 9 aromatic carbocycles. The summed E-state index contributed by atoms with van der Waals surface area (Å²) >= 11 is 0. The van der Waals surface area contributed by atoms with Crippen molar-refractivity contribution in [2.24, 2.45) is 0 Å². The van der Waals surface area contributed by atoms with Crippen molar-refractivity contribution >= 4 is 10.8 Å². The van der Waals surface area contributed by atoms with Crippen molar-refractivity contribution in [3.8, 4) is 89.8 Å². The second-order valence-corrected chi connectivity index (χ2v) is 14.4. The van der Waals surface area contributed by atoms with E-state index in [1.807, 2.05) is 12.1 Å². The van der Waals surface area contributed by atoms with Gasteiger partial charge in [0.1, 0.15) is 0 Å². The molecular formula is C55H37N3. The first-order valence-corrected chi connectivity index (χ1v) is 19.6. The molecule has 272 valence electrons. The van der Waals surface area contributed by atoms with Gasteiger partial charge in [0, 0.05) is 16.7 Å². The maximum Gasteiger partial charge on any atom is 0.164 e. The molecule has 1 heterocycles. The zero-order valence-corrected chi connectivity index (χ0v) is 31.7. The molecule has 0 aliphatic heterocycles. The number of hydrogen-bond donors (Lipinski definition) is 0. The van der Waals surface area contributed by atoms with Crippen molar-refractivity contribution in [2.75, 3.05) is 0 Å². The van der Waals surface area contributed by atoms with Gasteiger partial charge in [-0.15, -0.1) is 0 Å². The predicted octanol–water partition coefficient (Wildman–Crippen LogP) is 14.4. The van der Waals surface area contributed by atoms with E-state index in [1.165, 1.54) is 38.9 Å². The molecular weight excluding hydrogens is 703 g/mol. The number of rotatable bonds is 8. The van der Waals surface area contributed by atoms with Gasteiger partial charge >= 0.3 is 0 Å². The van der Waals surface area contributed by atoms with E-state index < -0.39 is 0 Å². The highest BCUT2D eigenvalue weighted by Crippen LogP contribution is 2.44. The molecule has 0 aliphatic rings. The van der Waals surface area contributed by atoms with Gasteiger partial charge in [0.25, 0.3) is 0 Å². The maximum atomic E-state index is 5.22. The van der Waals surface area contributed by atoms with Crippen LogP contribution in [0.5, 0.6) is 0 Å². The third-order valence-corrected chi connectivity index (χ3v) is 10.8. The van der Waals surface area contributed by atoms with Crippen molar-refractivity contribution in [3.05, 3.63) is 224 Å². The minimum Gasteiger partial charge on any atom is -0.208 e. The van der Waals surface area contributed by atoms with Gasteiger partial charge in [-0.1, -0.05) is 218 Å². The fraction of sp³-hybridized carbons (Fsp3) is 0. The van der Waals surface area contributed by atoms with Gasteiger partial charge in [0.2, 0.25) is 0 Å². The van der Waals surface area contributed by atoms with Crippen LogP contribution in [-0.4, -0.2) is 15.0 Å². The lowest BCUT2D eigenvalue weighted by atomic mass is 9.85. The van der Waals surface area contributed by atoms with E-state index in [9.17, 15) is 0 Å². The van der Waals surface area contributed by atoms with Crippen LogP contribution in [0.1, 0.15) is 0 Å². The van der Waals surface area contributed by atoms with Crippen molar-refractivity contribution in [1.29, 1.82) is 0 Å². The highest BCUT2D eigenvalue weighted by atomic mass is 15.0. The lowest BCUT2D eigenvalue weighted by molar-refractivity contribution is 1.08. The normalized spacial score (nSPS) is 11.1. The number of hydrogen-bond acceptors (Lipinski definition) is 3. The molecule has 0 saturated carbocycles. The lowest BCUT2D eigenvalue weighted by Crippen LogP contribution is -2.01. The van der Waals surface area contributed by atoms with Crippen LogP contribution in [0.25, 0.3) is 101 Å². The molecule has 0 atom stereocenters. The molecule has 0 unspecified atom stereocenters. The quantitative estimate of drug-likeness (QED) is 0.156. The molecule has 3 heteroatoms. The van der Waals surface area contributed by atoms with Crippen LogP contribution in [0.4, 0.5) is 0 Å². The standard InChI is InChI=1S/C55H37N3/c1-5-16-38(17-6-1)40-28-32-44(33-29-40)53-56-54(45-34-30-41(31-35-45)39-18-7-2-8-19-39)58-55(57-53)51-37-36-49(47-24-13-14-25-48(47)51)50-27-15-26-46(42-20-9-3-10-21-42)52(50)43-22-11-4-12-23-43/h1-37H. The Morgan fingerprint density at radius 1 is 0.190 bits per heavy atom. The molecule has 0 fully saturated rings. The van der Waals surface area contributed by atoms with Crippen LogP contribution in [0.2, 0.25) is 0 Å². The topological polar surface area (TPSA) is 38.7 Å². The first-order chi connectivity index (χ1) is 28.8. The molecule has 0 spiro atoms. The Morgan fingerprint density at radius 2 is 0.552 bits per heavy atom. The van der Waals surface area contributed by atoms with E-state index in [0.29, 0.717) is 17.5 Å². The van der Waals surface area contributed by atoms with Crippen molar-refractivity contribution in [3.63, 3.8) is 0 Å². The van der Waals surface area contributed by atoms with Crippen LogP contribution in [0.3, 0.4) is 0 Å². The highest BCUT2D eigenvalue weighted by molar-refractivity contribution is 6.08. The highest BCUT2D eigenvalue weighted by Gasteiger charge is 2.19. The lowest BCUT2D eigenvalue weighted by Gasteiger charge is -2.18. The fourth-order valence-electron chi connectivity index (χ4n) is 7.92. The van der Waals surface area contributed by atoms with E-state index in [2.05, 4.69) is 212 Å². The Labute approximate surface area is 338 Å². The summed E-state index contributed by atoms with van der Waals surface area (Å²) in [6, 6.07) is 78.9. The Balaban J connectivity index is 1.14. The Hall–Kier alpha value is -7.75. The third kappa shape index (κ3) is 6.76.